The maximum Gasteiger partial charge on any atom is 0.137 e. The summed E-state index contributed by atoms with van der Waals surface area (Å²) < 4.78 is 0. The first-order chi connectivity index (χ1) is 9.54. The smallest absolute Gasteiger partial charge is 0.137 e. The molecule has 0 saturated carbocycles. The van der Waals surface area contributed by atoms with E-state index in [9.17, 15) is 0 Å². The van der Waals surface area contributed by atoms with Crippen molar-refractivity contribution in [2.45, 2.75) is 27.2 Å². The van der Waals surface area contributed by atoms with Gasteiger partial charge in [-0.2, -0.15) is 0 Å². The molecule has 2 aromatic heterocycles. The predicted molar refractivity (Wildman–Crippen MR) is 84.7 cm³/mol. The van der Waals surface area contributed by atoms with Gasteiger partial charge >= 0.3 is 0 Å². The van der Waals surface area contributed by atoms with Gasteiger partial charge in [0, 0.05) is 11.6 Å². The molecule has 0 bridgehead atoms. The van der Waals surface area contributed by atoms with Gasteiger partial charge in [-0.3, -0.25) is 0 Å². The average molecular weight is 264 g/mol. The SMILES string of the molecule is CC(C)(C)Cc1c(-c2ccccc2)[nH]c2ncccc12. The monoisotopic (exact) mass is 264 g/mol. The highest BCUT2D eigenvalue weighted by molar-refractivity contribution is 5.88. The Morgan fingerprint density at radius 1 is 1.00 bits per heavy atom. The lowest BCUT2D eigenvalue weighted by Gasteiger charge is -2.19. The van der Waals surface area contributed by atoms with Crippen molar-refractivity contribution in [3.05, 3.63) is 54.2 Å². The standard InChI is InChI=1S/C18H20N2/c1-18(2,3)12-15-14-10-7-11-19-17(14)20-16(15)13-8-5-4-6-9-13/h4-11H,12H2,1-3H3,(H,19,20). The summed E-state index contributed by atoms with van der Waals surface area (Å²) in [5, 5.41) is 1.24. The van der Waals surface area contributed by atoms with E-state index in [1.165, 1.54) is 22.2 Å². The van der Waals surface area contributed by atoms with Crippen molar-refractivity contribution in [2.24, 2.45) is 5.41 Å². The fraction of sp³-hybridized carbons (Fsp3) is 0.278. The van der Waals surface area contributed by atoms with E-state index in [2.05, 4.69) is 61.1 Å². The van der Waals surface area contributed by atoms with Crippen molar-refractivity contribution in [1.29, 1.82) is 0 Å². The van der Waals surface area contributed by atoms with Gasteiger partial charge < -0.3 is 4.98 Å². The lowest BCUT2D eigenvalue weighted by Crippen LogP contribution is -2.09. The number of rotatable bonds is 2. The lowest BCUT2D eigenvalue weighted by atomic mass is 9.86. The zero-order chi connectivity index (χ0) is 14.2. The van der Waals surface area contributed by atoms with E-state index in [4.69, 9.17) is 0 Å². The van der Waals surface area contributed by atoms with E-state index in [-0.39, 0.29) is 5.41 Å². The summed E-state index contributed by atoms with van der Waals surface area (Å²) in [5.74, 6) is 0. The molecule has 0 unspecified atom stereocenters. The number of benzene rings is 1. The number of aromatic nitrogens is 2. The number of fused-ring (bicyclic) bond motifs is 1. The highest BCUT2D eigenvalue weighted by atomic mass is 14.9. The predicted octanol–water partition coefficient (Wildman–Crippen LogP) is 4.82. The fourth-order valence-electron chi connectivity index (χ4n) is 2.64. The summed E-state index contributed by atoms with van der Waals surface area (Å²) >= 11 is 0. The third kappa shape index (κ3) is 2.46. The molecule has 3 aromatic rings. The Balaban J connectivity index is 2.23. The largest absolute Gasteiger partial charge is 0.339 e. The van der Waals surface area contributed by atoms with E-state index in [0.717, 1.165) is 12.1 Å². The zero-order valence-corrected chi connectivity index (χ0v) is 12.3. The topological polar surface area (TPSA) is 28.7 Å². The summed E-state index contributed by atoms with van der Waals surface area (Å²) in [4.78, 5) is 7.95. The minimum Gasteiger partial charge on any atom is -0.339 e. The van der Waals surface area contributed by atoms with Crippen LogP contribution in [0.3, 0.4) is 0 Å². The first kappa shape index (κ1) is 12.9. The van der Waals surface area contributed by atoms with Crippen LogP contribution in [-0.2, 0) is 6.42 Å². The minimum atomic E-state index is 0.245. The van der Waals surface area contributed by atoms with Gasteiger partial charge in [-0.1, -0.05) is 51.1 Å². The molecule has 0 aliphatic rings. The number of nitrogens with one attached hydrogen (secondary N) is 1. The molecular weight excluding hydrogens is 244 g/mol. The van der Waals surface area contributed by atoms with Crippen LogP contribution in [0.4, 0.5) is 0 Å². The van der Waals surface area contributed by atoms with Gasteiger partial charge in [-0.25, -0.2) is 4.98 Å². The summed E-state index contributed by atoms with van der Waals surface area (Å²) in [6.07, 6.45) is 2.87. The molecule has 2 heterocycles. The molecule has 0 radical (unpaired) electrons. The molecule has 0 amide bonds. The maximum absolute atomic E-state index is 4.46. The quantitative estimate of drug-likeness (QED) is 0.706. The van der Waals surface area contributed by atoms with Crippen LogP contribution in [0, 0.1) is 5.41 Å². The first-order valence-corrected chi connectivity index (χ1v) is 7.05. The van der Waals surface area contributed by atoms with Crippen LogP contribution in [0.5, 0.6) is 0 Å². The molecule has 3 rings (SSSR count). The molecule has 1 aromatic carbocycles. The summed E-state index contributed by atoms with van der Waals surface area (Å²) in [7, 11) is 0. The van der Waals surface area contributed by atoms with E-state index in [1.54, 1.807) is 0 Å². The van der Waals surface area contributed by atoms with Crippen LogP contribution < -0.4 is 0 Å². The van der Waals surface area contributed by atoms with E-state index >= 15 is 0 Å². The number of aromatic amines is 1. The van der Waals surface area contributed by atoms with Gasteiger partial charge in [-0.15, -0.1) is 0 Å². The lowest BCUT2D eigenvalue weighted by molar-refractivity contribution is 0.413. The number of hydrogen-bond acceptors (Lipinski definition) is 1. The Morgan fingerprint density at radius 3 is 2.45 bits per heavy atom. The Morgan fingerprint density at radius 2 is 1.75 bits per heavy atom. The van der Waals surface area contributed by atoms with Crippen LogP contribution >= 0.6 is 0 Å². The first-order valence-electron chi connectivity index (χ1n) is 7.05. The molecule has 2 nitrogen and oxygen atoms in total. The van der Waals surface area contributed by atoms with Crippen molar-refractivity contribution in [1.82, 2.24) is 9.97 Å². The second-order valence-electron chi connectivity index (χ2n) is 6.48. The van der Waals surface area contributed by atoms with E-state index in [0.29, 0.717) is 0 Å². The van der Waals surface area contributed by atoms with Crippen molar-refractivity contribution in [2.75, 3.05) is 0 Å². The molecular formula is C18H20N2. The number of pyridine rings is 1. The van der Waals surface area contributed by atoms with Crippen LogP contribution in [0.15, 0.2) is 48.7 Å². The third-order valence-corrected chi connectivity index (χ3v) is 3.45. The molecule has 0 fully saturated rings. The van der Waals surface area contributed by atoms with E-state index < -0.39 is 0 Å². The molecule has 0 aliphatic carbocycles. The Bertz CT molecular complexity index is 718. The number of nitrogens with zero attached hydrogens (tertiary/aromatic N) is 1. The molecule has 0 atom stereocenters. The third-order valence-electron chi connectivity index (χ3n) is 3.45. The molecule has 1 N–H and O–H groups in total. The fourth-order valence-corrected chi connectivity index (χ4v) is 2.64. The van der Waals surface area contributed by atoms with Gasteiger partial charge in [0.1, 0.15) is 5.65 Å². The summed E-state index contributed by atoms with van der Waals surface area (Å²) in [6, 6.07) is 14.7. The van der Waals surface area contributed by atoms with Crippen molar-refractivity contribution >= 4 is 11.0 Å². The van der Waals surface area contributed by atoms with Gasteiger partial charge in [0.05, 0.1) is 5.69 Å². The van der Waals surface area contributed by atoms with Crippen LogP contribution in [-0.4, -0.2) is 9.97 Å². The average Bonchev–Trinajstić information content (AvgIpc) is 2.77. The summed E-state index contributed by atoms with van der Waals surface area (Å²) in [6.45, 7) is 6.82. The summed E-state index contributed by atoms with van der Waals surface area (Å²) in [5.41, 5.74) is 5.02. The Kier molecular flexibility index (Phi) is 3.09. The molecule has 0 aliphatic heterocycles. The number of hydrogen-bond donors (Lipinski definition) is 1. The second kappa shape index (κ2) is 4.78. The minimum absolute atomic E-state index is 0.245. The van der Waals surface area contributed by atoms with Gasteiger partial charge in [-0.05, 0) is 35.1 Å². The second-order valence-corrected chi connectivity index (χ2v) is 6.48. The molecule has 0 spiro atoms. The zero-order valence-electron chi connectivity index (χ0n) is 12.3. The van der Waals surface area contributed by atoms with Gasteiger partial charge in [0.25, 0.3) is 0 Å². The van der Waals surface area contributed by atoms with Gasteiger partial charge in [0.2, 0.25) is 0 Å². The van der Waals surface area contributed by atoms with Crippen LogP contribution in [0.25, 0.3) is 22.3 Å². The maximum atomic E-state index is 4.46. The van der Waals surface area contributed by atoms with Crippen molar-refractivity contribution in [3.8, 4) is 11.3 Å². The Hall–Kier alpha value is -2.09. The molecule has 2 heteroatoms. The normalized spacial score (nSPS) is 11.9. The Labute approximate surface area is 119 Å². The molecule has 0 saturated heterocycles. The number of H-pyrrole nitrogens is 1. The highest BCUT2D eigenvalue weighted by Crippen LogP contribution is 2.34. The van der Waals surface area contributed by atoms with E-state index in [1.807, 2.05) is 18.3 Å². The van der Waals surface area contributed by atoms with Crippen LogP contribution in [0.1, 0.15) is 26.3 Å². The van der Waals surface area contributed by atoms with Crippen molar-refractivity contribution < 1.29 is 0 Å². The molecule has 102 valence electrons. The van der Waals surface area contributed by atoms with Gasteiger partial charge in [0.15, 0.2) is 0 Å². The van der Waals surface area contributed by atoms with Crippen molar-refractivity contribution in [3.63, 3.8) is 0 Å². The molecule has 20 heavy (non-hydrogen) atoms. The van der Waals surface area contributed by atoms with Crippen LogP contribution in [0.2, 0.25) is 0 Å². The highest BCUT2D eigenvalue weighted by Gasteiger charge is 2.19.